The summed E-state index contributed by atoms with van der Waals surface area (Å²) in [5.74, 6) is 0.818. The van der Waals surface area contributed by atoms with Crippen LogP contribution in [0.2, 0.25) is 0 Å². The highest BCUT2D eigenvalue weighted by Crippen LogP contribution is 2.36. The minimum absolute atomic E-state index is 0.0273. The highest BCUT2D eigenvalue weighted by molar-refractivity contribution is 4.81. The molecule has 1 aliphatic carbocycles. The maximum absolute atomic E-state index is 5.74. The SMILES string of the molecule is CCOC(C)OC(CC)C1CC1. The van der Waals surface area contributed by atoms with Crippen LogP contribution in [0.15, 0.2) is 0 Å². The number of hydrogen-bond donors (Lipinski definition) is 0. The smallest absolute Gasteiger partial charge is 0.155 e. The van der Waals surface area contributed by atoms with E-state index in [4.69, 9.17) is 9.47 Å². The summed E-state index contributed by atoms with van der Waals surface area (Å²) >= 11 is 0. The topological polar surface area (TPSA) is 18.5 Å². The van der Waals surface area contributed by atoms with E-state index in [1.807, 2.05) is 13.8 Å². The maximum Gasteiger partial charge on any atom is 0.155 e. The van der Waals surface area contributed by atoms with Crippen LogP contribution in [0.4, 0.5) is 0 Å². The van der Waals surface area contributed by atoms with Crippen molar-refractivity contribution in [3.05, 3.63) is 0 Å². The van der Waals surface area contributed by atoms with Crippen LogP contribution in [0.1, 0.15) is 40.0 Å². The van der Waals surface area contributed by atoms with E-state index in [1.54, 1.807) is 0 Å². The van der Waals surface area contributed by atoms with Gasteiger partial charge in [0.05, 0.1) is 6.10 Å². The van der Waals surface area contributed by atoms with Crippen molar-refractivity contribution in [1.29, 1.82) is 0 Å². The van der Waals surface area contributed by atoms with E-state index < -0.39 is 0 Å². The van der Waals surface area contributed by atoms with Crippen LogP contribution in [0, 0.1) is 5.92 Å². The third-order valence-corrected chi connectivity index (χ3v) is 2.32. The van der Waals surface area contributed by atoms with Crippen molar-refractivity contribution in [1.82, 2.24) is 0 Å². The molecule has 0 spiro atoms. The summed E-state index contributed by atoms with van der Waals surface area (Å²) in [5.41, 5.74) is 0. The van der Waals surface area contributed by atoms with Crippen LogP contribution < -0.4 is 0 Å². The number of ether oxygens (including phenoxy) is 2. The van der Waals surface area contributed by atoms with Crippen molar-refractivity contribution in [2.45, 2.75) is 52.4 Å². The maximum atomic E-state index is 5.74. The quantitative estimate of drug-likeness (QED) is 0.573. The van der Waals surface area contributed by atoms with Gasteiger partial charge in [0, 0.05) is 6.61 Å². The van der Waals surface area contributed by atoms with Crippen molar-refractivity contribution < 1.29 is 9.47 Å². The molecule has 0 heterocycles. The van der Waals surface area contributed by atoms with Crippen molar-refractivity contribution in [2.75, 3.05) is 6.61 Å². The van der Waals surface area contributed by atoms with Crippen LogP contribution >= 0.6 is 0 Å². The molecular formula is C10H20O2. The van der Waals surface area contributed by atoms with Crippen molar-refractivity contribution in [2.24, 2.45) is 5.92 Å². The molecule has 12 heavy (non-hydrogen) atoms. The summed E-state index contributed by atoms with van der Waals surface area (Å²) in [7, 11) is 0. The van der Waals surface area contributed by atoms with Gasteiger partial charge in [0.15, 0.2) is 6.29 Å². The zero-order valence-corrected chi connectivity index (χ0v) is 8.38. The molecule has 0 N–H and O–H groups in total. The fourth-order valence-electron chi connectivity index (χ4n) is 1.53. The lowest BCUT2D eigenvalue weighted by Crippen LogP contribution is -2.23. The molecule has 1 saturated carbocycles. The lowest BCUT2D eigenvalue weighted by atomic mass is 10.2. The Bertz CT molecular complexity index is 121. The molecule has 0 aromatic carbocycles. The van der Waals surface area contributed by atoms with Gasteiger partial charge in [-0.15, -0.1) is 0 Å². The molecule has 1 fully saturated rings. The van der Waals surface area contributed by atoms with Gasteiger partial charge in [0.25, 0.3) is 0 Å². The van der Waals surface area contributed by atoms with Gasteiger partial charge in [0.2, 0.25) is 0 Å². The van der Waals surface area contributed by atoms with Crippen LogP contribution in [0.25, 0.3) is 0 Å². The molecule has 2 heteroatoms. The highest BCUT2D eigenvalue weighted by atomic mass is 16.7. The third kappa shape index (κ3) is 3.11. The van der Waals surface area contributed by atoms with Crippen LogP contribution in [-0.2, 0) is 9.47 Å². The van der Waals surface area contributed by atoms with Gasteiger partial charge in [-0.1, -0.05) is 6.92 Å². The Labute approximate surface area is 75.2 Å². The Morgan fingerprint density at radius 2 is 2.00 bits per heavy atom. The average Bonchev–Trinajstić information content (AvgIpc) is 2.83. The fourth-order valence-corrected chi connectivity index (χ4v) is 1.53. The molecule has 2 unspecified atom stereocenters. The van der Waals surface area contributed by atoms with Crippen LogP contribution in [0.5, 0.6) is 0 Å². The molecule has 1 rings (SSSR count). The molecule has 0 amide bonds. The molecule has 2 nitrogen and oxygen atoms in total. The second-order valence-electron chi connectivity index (χ2n) is 3.44. The van der Waals surface area contributed by atoms with E-state index >= 15 is 0 Å². The lowest BCUT2D eigenvalue weighted by Gasteiger charge is -2.20. The molecule has 2 atom stereocenters. The van der Waals surface area contributed by atoms with Gasteiger partial charge >= 0.3 is 0 Å². The summed E-state index contributed by atoms with van der Waals surface area (Å²) in [6.07, 6.45) is 4.21. The summed E-state index contributed by atoms with van der Waals surface area (Å²) in [4.78, 5) is 0. The Morgan fingerprint density at radius 3 is 2.42 bits per heavy atom. The Hall–Kier alpha value is -0.0800. The molecule has 0 aromatic rings. The second kappa shape index (κ2) is 4.83. The first-order valence-corrected chi connectivity index (χ1v) is 5.05. The average molecular weight is 172 g/mol. The first-order valence-electron chi connectivity index (χ1n) is 5.05. The van der Waals surface area contributed by atoms with Gasteiger partial charge in [-0.2, -0.15) is 0 Å². The molecule has 1 aliphatic rings. The minimum atomic E-state index is -0.0273. The first-order chi connectivity index (χ1) is 5.77. The van der Waals surface area contributed by atoms with Crippen molar-refractivity contribution in [3.8, 4) is 0 Å². The Kier molecular flexibility index (Phi) is 4.02. The van der Waals surface area contributed by atoms with Crippen LogP contribution in [-0.4, -0.2) is 19.0 Å². The van der Waals surface area contributed by atoms with E-state index in [0.717, 1.165) is 18.9 Å². The molecular weight excluding hydrogens is 152 g/mol. The summed E-state index contributed by atoms with van der Waals surface area (Å²) in [5, 5.41) is 0. The van der Waals surface area contributed by atoms with Gasteiger partial charge in [-0.25, -0.2) is 0 Å². The zero-order valence-electron chi connectivity index (χ0n) is 8.38. The first kappa shape index (κ1) is 10.0. The monoisotopic (exact) mass is 172 g/mol. The Morgan fingerprint density at radius 1 is 1.33 bits per heavy atom. The second-order valence-corrected chi connectivity index (χ2v) is 3.44. The third-order valence-electron chi connectivity index (χ3n) is 2.32. The van der Waals surface area contributed by atoms with Gasteiger partial charge < -0.3 is 9.47 Å². The molecule has 0 radical (unpaired) electrons. The van der Waals surface area contributed by atoms with E-state index in [1.165, 1.54) is 12.8 Å². The van der Waals surface area contributed by atoms with Crippen molar-refractivity contribution >= 4 is 0 Å². The van der Waals surface area contributed by atoms with Gasteiger partial charge in [-0.05, 0) is 39.0 Å². The fraction of sp³-hybridized carbons (Fsp3) is 1.00. The summed E-state index contributed by atoms with van der Waals surface area (Å²) in [6, 6.07) is 0. The predicted molar refractivity (Wildman–Crippen MR) is 49.0 cm³/mol. The number of hydrogen-bond acceptors (Lipinski definition) is 2. The summed E-state index contributed by atoms with van der Waals surface area (Å²) in [6.45, 7) is 6.90. The van der Waals surface area contributed by atoms with Crippen LogP contribution in [0.3, 0.4) is 0 Å². The highest BCUT2D eigenvalue weighted by Gasteiger charge is 2.31. The Balaban J connectivity index is 2.16. The molecule has 0 aromatic heterocycles. The standard InChI is InChI=1S/C10H20O2/c1-4-10(9-6-7-9)12-8(3)11-5-2/h8-10H,4-7H2,1-3H3. The van der Waals surface area contributed by atoms with E-state index in [0.29, 0.717) is 6.10 Å². The number of rotatable bonds is 6. The van der Waals surface area contributed by atoms with Gasteiger partial charge in [0.1, 0.15) is 0 Å². The van der Waals surface area contributed by atoms with Gasteiger partial charge in [-0.3, -0.25) is 0 Å². The molecule has 0 bridgehead atoms. The van der Waals surface area contributed by atoms with Crippen molar-refractivity contribution in [3.63, 3.8) is 0 Å². The molecule has 0 saturated heterocycles. The lowest BCUT2D eigenvalue weighted by molar-refractivity contribution is -0.162. The van der Waals surface area contributed by atoms with E-state index in [-0.39, 0.29) is 6.29 Å². The molecule has 72 valence electrons. The van der Waals surface area contributed by atoms with E-state index in [2.05, 4.69) is 6.92 Å². The summed E-state index contributed by atoms with van der Waals surface area (Å²) < 4.78 is 11.1. The largest absolute Gasteiger partial charge is 0.353 e. The van der Waals surface area contributed by atoms with E-state index in [9.17, 15) is 0 Å². The zero-order chi connectivity index (χ0) is 8.97. The minimum Gasteiger partial charge on any atom is -0.353 e. The normalized spacial score (nSPS) is 22.2. The predicted octanol–water partition coefficient (Wildman–Crippen LogP) is 2.57. The molecule has 0 aliphatic heterocycles.